The van der Waals surface area contributed by atoms with Crippen molar-refractivity contribution in [1.29, 1.82) is 0 Å². The van der Waals surface area contributed by atoms with Gasteiger partial charge in [-0.05, 0) is 12.5 Å². The first kappa shape index (κ1) is 19.8. The molecule has 3 heterocycles. The summed E-state index contributed by atoms with van der Waals surface area (Å²) < 4.78 is 71.1. The van der Waals surface area contributed by atoms with Crippen LogP contribution in [0.4, 0.5) is 22.0 Å². The number of hydrogen-bond acceptors (Lipinski definition) is 4. The minimum absolute atomic E-state index is 0.0130. The summed E-state index contributed by atoms with van der Waals surface area (Å²) in [7, 11) is 1.39. The zero-order valence-electron chi connectivity index (χ0n) is 14.6. The molecule has 0 aliphatic heterocycles. The predicted molar refractivity (Wildman–Crippen MR) is 89.5 cm³/mol. The number of aryl methyl sites for hydroxylation is 1. The van der Waals surface area contributed by atoms with Gasteiger partial charge in [0.25, 0.3) is 12.0 Å². The molecule has 11 heteroatoms. The maximum absolute atomic E-state index is 13.6. The van der Waals surface area contributed by atoms with E-state index in [0.29, 0.717) is 5.75 Å². The van der Waals surface area contributed by atoms with Crippen molar-refractivity contribution in [3.05, 3.63) is 46.8 Å². The molecule has 150 valence electrons. The van der Waals surface area contributed by atoms with Crippen molar-refractivity contribution >= 4 is 5.65 Å². The van der Waals surface area contributed by atoms with Gasteiger partial charge in [0.2, 0.25) is 0 Å². The number of aromatic nitrogens is 4. The van der Waals surface area contributed by atoms with Crippen LogP contribution in [0.15, 0.2) is 35.5 Å². The lowest BCUT2D eigenvalue weighted by atomic mass is 10.1. The van der Waals surface area contributed by atoms with E-state index < -0.39 is 30.3 Å². The lowest BCUT2D eigenvalue weighted by Gasteiger charge is -2.10. The van der Waals surface area contributed by atoms with Crippen molar-refractivity contribution in [3.63, 3.8) is 0 Å². The Balaban J connectivity index is 2.01. The lowest BCUT2D eigenvalue weighted by Crippen LogP contribution is -2.20. The molecule has 0 aromatic carbocycles. The Kier molecular flexibility index (Phi) is 5.34. The van der Waals surface area contributed by atoms with E-state index in [-0.39, 0.29) is 29.7 Å². The van der Waals surface area contributed by atoms with Crippen LogP contribution < -0.4 is 10.3 Å². The normalized spacial score (nSPS) is 12.1. The van der Waals surface area contributed by atoms with E-state index in [1.54, 1.807) is 0 Å². The van der Waals surface area contributed by atoms with Crippen LogP contribution in [0.25, 0.3) is 16.8 Å². The number of hydrogen-bond donors (Lipinski definition) is 0. The maximum Gasteiger partial charge on any atom is 0.389 e. The highest BCUT2D eigenvalue weighted by Gasteiger charge is 2.26. The predicted octanol–water partition coefficient (Wildman–Crippen LogP) is 3.85. The minimum atomic E-state index is -4.29. The zero-order valence-corrected chi connectivity index (χ0v) is 14.6. The van der Waals surface area contributed by atoms with Gasteiger partial charge in [-0.25, -0.2) is 13.8 Å². The highest BCUT2D eigenvalue weighted by molar-refractivity contribution is 5.66. The van der Waals surface area contributed by atoms with Crippen LogP contribution in [0.2, 0.25) is 0 Å². The number of halogens is 5. The van der Waals surface area contributed by atoms with Crippen molar-refractivity contribution in [3.8, 4) is 16.9 Å². The SMILES string of the molecule is COc1ccn2c(=O)c(-c3cnn(CCCC(F)(F)F)c3)c(C(F)F)nc2c1. The first-order valence-corrected chi connectivity index (χ1v) is 8.17. The van der Waals surface area contributed by atoms with Crippen molar-refractivity contribution in [2.45, 2.75) is 32.0 Å². The van der Waals surface area contributed by atoms with Gasteiger partial charge >= 0.3 is 6.18 Å². The highest BCUT2D eigenvalue weighted by atomic mass is 19.4. The Bertz CT molecular complexity index is 1040. The number of methoxy groups -OCH3 is 1. The van der Waals surface area contributed by atoms with E-state index in [1.165, 1.54) is 36.3 Å². The third kappa shape index (κ3) is 4.12. The van der Waals surface area contributed by atoms with Crippen LogP contribution in [0.1, 0.15) is 25.0 Å². The summed E-state index contributed by atoms with van der Waals surface area (Å²) in [5.74, 6) is 0.345. The fraction of sp³-hybridized carbons (Fsp3) is 0.353. The third-order valence-electron chi connectivity index (χ3n) is 4.04. The molecule has 0 aliphatic rings. The third-order valence-corrected chi connectivity index (χ3v) is 4.04. The van der Waals surface area contributed by atoms with E-state index in [9.17, 15) is 26.7 Å². The van der Waals surface area contributed by atoms with Gasteiger partial charge in [0.15, 0.2) is 0 Å². The number of pyridine rings is 1. The Morgan fingerprint density at radius 3 is 2.68 bits per heavy atom. The smallest absolute Gasteiger partial charge is 0.389 e. The molecule has 0 fully saturated rings. The quantitative estimate of drug-likeness (QED) is 0.588. The molecular weight excluding hydrogens is 387 g/mol. The summed E-state index contributed by atoms with van der Waals surface area (Å²) in [6, 6.07) is 2.82. The molecule has 3 aromatic rings. The Morgan fingerprint density at radius 1 is 1.29 bits per heavy atom. The maximum atomic E-state index is 13.6. The summed E-state index contributed by atoms with van der Waals surface area (Å²) in [4.78, 5) is 16.6. The van der Waals surface area contributed by atoms with Gasteiger partial charge in [-0.1, -0.05) is 0 Å². The summed E-state index contributed by atoms with van der Waals surface area (Å²) in [6.07, 6.45) is -4.78. The van der Waals surface area contributed by atoms with Crippen molar-refractivity contribution in [2.75, 3.05) is 7.11 Å². The van der Waals surface area contributed by atoms with E-state index in [4.69, 9.17) is 4.74 Å². The van der Waals surface area contributed by atoms with Gasteiger partial charge in [0, 0.05) is 37.0 Å². The molecule has 6 nitrogen and oxygen atoms in total. The van der Waals surface area contributed by atoms with Crippen molar-refractivity contribution in [1.82, 2.24) is 19.2 Å². The molecule has 0 amide bonds. The molecule has 0 bridgehead atoms. The van der Waals surface area contributed by atoms with Crippen LogP contribution in [0.3, 0.4) is 0 Å². The Hall–Kier alpha value is -2.98. The molecule has 0 atom stereocenters. The zero-order chi connectivity index (χ0) is 20.5. The fourth-order valence-corrected chi connectivity index (χ4v) is 2.75. The molecule has 0 saturated heterocycles. The van der Waals surface area contributed by atoms with E-state index >= 15 is 0 Å². The number of rotatable bonds is 6. The van der Waals surface area contributed by atoms with Crippen LogP contribution in [-0.2, 0) is 6.54 Å². The molecular formula is C17H15F5N4O2. The number of fused-ring (bicyclic) bond motifs is 1. The van der Waals surface area contributed by atoms with Gasteiger partial charge < -0.3 is 4.74 Å². The standard InChI is InChI=1S/C17H15F5N4O2/c1-28-11-3-6-26-12(7-11)24-14(15(18)19)13(16(26)27)10-8-23-25(9-10)5-2-4-17(20,21)22/h3,6-9,15H,2,4-5H2,1H3. The van der Waals surface area contributed by atoms with Gasteiger partial charge in [0.05, 0.1) is 18.9 Å². The summed E-state index contributed by atoms with van der Waals surface area (Å²) in [6.45, 7) is -0.0664. The molecule has 3 aromatic heterocycles. The second-order valence-electron chi connectivity index (χ2n) is 5.98. The van der Waals surface area contributed by atoms with Crippen LogP contribution in [0.5, 0.6) is 5.75 Å². The Labute approximate surface area is 155 Å². The number of ether oxygens (including phenoxy) is 1. The van der Waals surface area contributed by atoms with E-state index in [0.717, 1.165) is 10.6 Å². The number of alkyl halides is 5. The van der Waals surface area contributed by atoms with Crippen LogP contribution >= 0.6 is 0 Å². The fourth-order valence-electron chi connectivity index (χ4n) is 2.75. The largest absolute Gasteiger partial charge is 0.497 e. The molecule has 0 spiro atoms. The molecule has 3 rings (SSSR count). The highest BCUT2D eigenvalue weighted by Crippen LogP contribution is 2.28. The summed E-state index contributed by atoms with van der Waals surface area (Å²) in [5, 5.41) is 3.87. The second-order valence-corrected chi connectivity index (χ2v) is 5.98. The molecule has 0 saturated carbocycles. The van der Waals surface area contributed by atoms with E-state index in [1.807, 2.05) is 0 Å². The van der Waals surface area contributed by atoms with Crippen LogP contribution in [-0.4, -0.2) is 32.5 Å². The summed E-state index contributed by atoms with van der Waals surface area (Å²) in [5.41, 5.74) is -1.77. The van der Waals surface area contributed by atoms with Gasteiger partial charge in [0.1, 0.15) is 17.1 Å². The van der Waals surface area contributed by atoms with E-state index in [2.05, 4.69) is 10.1 Å². The monoisotopic (exact) mass is 402 g/mol. The van der Waals surface area contributed by atoms with Crippen LogP contribution in [0, 0.1) is 0 Å². The van der Waals surface area contributed by atoms with Gasteiger partial charge in [-0.2, -0.15) is 18.3 Å². The molecule has 28 heavy (non-hydrogen) atoms. The van der Waals surface area contributed by atoms with Gasteiger partial charge in [-0.15, -0.1) is 0 Å². The molecule has 0 N–H and O–H groups in total. The number of nitrogens with zero attached hydrogens (tertiary/aromatic N) is 4. The van der Waals surface area contributed by atoms with Crippen molar-refractivity contribution in [2.24, 2.45) is 0 Å². The lowest BCUT2D eigenvalue weighted by molar-refractivity contribution is -0.136. The van der Waals surface area contributed by atoms with Crippen molar-refractivity contribution < 1.29 is 26.7 Å². The first-order valence-electron chi connectivity index (χ1n) is 8.17. The second kappa shape index (κ2) is 7.56. The average Bonchev–Trinajstić information content (AvgIpc) is 3.08. The molecule has 0 radical (unpaired) electrons. The summed E-state index contributed by atoms with van der Waals surface area (Å²) >= 11 is 0. The topological polar surface area (TPSA) is 61.4 Å². The molecule has 0 unspecified atom stereocenters. The average molecular weight is 402 g/mol. The Morgan fingerprint density at radius 2 is 2.04 bits per heavy atom. The molecule has 0 aliphatic carbocycles. The first-order chi connectivity index (χ1) is 13.2. The van der Waals surface area contributed by atoms with Gasteiger partial charge in [-0.3, -0.25) is 13.9 Å². The minimum Gasteiger partial charge on any atom is -0.497 e.